The highest BCUT2D eigenvalue weighted by Crippen LogP contribution is 2.23. The number of benzene rings is 1. The van der Waals surface area contributed by atoms with Crippen LogP contribution in [0.2, 0.25) is 10.0 Å². The highest BCUT2D eigenvalue weighted by atomic mass is 35.5. The van der Waals surface area contributed by atoms with Crippen molar-refractivity contribution in [2.45, 2.75) is 0 Å². The van der Waals surface area contributed by atoms with E-state index >= 15 is 0 Å². The number of rotatable bonds is 2. The monoisotopic (exact) mass is 291 g/mol. The lowest BCUT2D eigenvalue weighted by molar-refractivity contribution is 0.102. The van der Waals surface area contributed by atoms with Gasteiger partial charge in [-0.3, -0.25) is 4.79 Å². The number of nitrogens with one attached hydrogen (secondary N) is 1. The quantitative estimate of drug-likeness (QED) is 0.921. The van der Waals surface area contributed by atoms with Gasteiger partial charge in [0.15, 0.2) is 0 Å². The normalized spacial score (nSPS) is 9.74. The molecule has 1 heterocycles. The van der Waals surface area contributed by atoms with E-state index in [1.807, 2.05) is 6.07 Å². The number of hydrogen-bond donors (Lipinski definition) is 1. The molecule has 0 aliphatic rings. The van der Waals surface area contributed by atoms with E-state index in [0.29, 0.717) is 21.3 Å². The number of carbonyl (C=O) groups is 1. The minimum atomic E-state index is -0.400. The minimum Gasteiger partial charge on any atom is -0.319 e. The molecule has 1 aromatic heterocycles. The summed E-state index contributed by atoms with van der Waals surface area (Å²) in [5.41, 5.74) is 1.07. The van der Waals surface area contributed by atoms with Gasteiger partial charge in [-0.05, 0) is 30.3 Å². The van der Waals surface area contributed by atoms with E-state index in [1.54, 1.807) is 18.2 Å². The summed E-state index contributed by atoms with van der Waals surface area (Å²) >= 11 is 11.6. The number of anilines is 1. The molecule has 0 bridgehead atoms. The first-order chi connectivity index (χ1) is 9.10. The molecule has 0 saturated carbocycles. The number of aromatic nitrogens is 1. The van der Waals surface area contributed by atoms with Gasteiger partial charge in [-0.2, -0.15) is 5.26 Å². The largest absolute Gasteiger partial charge is 0.319 e. The summed E-state index contributed by atoms with van der Waals surface area (Å²) in [5.74, 6) is -0.400. The summed E-state index contributed by atoms with van der Waals surface area (Å²) < 4.78 is 0. The molecule has 0 saturated heterocycles. The van der Waals surface area contributed by atoms with E-state index in [1.165, 1.54) is 18.3 Å². The van der Waals surface area contributed by atoms with E-state index in [-0.39, 0.29) is 5.69 Å². The number of hydrogen-bond acceptors (Lipinski definition) is 3. The van der Waals surface area contributed by atoms with Crippen molar-refractivity contribution < 1.29 is 4.79 Å². The Labute approximate surface area is 119 Å². The summed E-state index contributed by atoms with van der Waals surface area (Å²) in [6.45, 7) is 0. The summed E-state index contributed by atoms with van der Waals surface area (Å²) in [6.07, 6.45) is 1.39. The summed E-state index contributed by atoms with van der Waals surface area (Å²) in [4.78, 5) is 15.8. The standard InChI is InChI=1S/C13H7Cl2N3O/c14-9-2-4-12(17-7-9)13(19)18-11-3-1-8(6-16)5-10(11)15/h1-5,7H,(H,18,19). The van der Waals surface area contributed by atoms with Gasteiger partial charge in [-0.25, -0.2) is 4.98 Å². The molecule has 1 amide bonds. The van der Waals surface area contributed by atoms with Crippen LogP contribution in [0.15, 0.2) is 36.5 Å². The SMILES string of the molecule is N#Cc1ccc(NC(=O)c2ccc(Cl)cn2)c(Cl)c1. The van der Waals surface area contributed by atoms with Gasteiger partial charge in [-0.1, -0.05) is 23.2 Å². The highest BCUT2D eigenvalue weighted by Gasteiger charge is 2.10. The summed E-state index contributed by atoms with van der Waals surface area (Å²) in [7, 11) is 0. The van der Waals surface area contributed by atoms with E-state index in [2.05, 4.69) is 10.3 Å². The van der Waals surface area contributed by atoms with Crippen LogP contribution in [0.3, 0.4) is 0 Å². The van der Waals surface area contributed by atoms with Crippen molar-refractivity contribution in [1.29, 1.82) is 5.26 Å². The van der Waals surface area contributed by atoms with Gasteiger partial charge in [0.25, 0.3) is 5.91 Å². The second kappa shape index (κ2) is 5.70. The van der Waals surface area contributed by atoms with E-state index < -0.39 is 5.91 Å². The number of nitriles is 1. The molecule has 2 rings (SSSR count). The Morgan fingerprint density at radius 3 is 2.63 bits per heavy atom. The molecule has 2 aromatic rings. The molecule has 1 aromatic carbocycles. The van der Waals surface area contributed by atoms with Crippen LogP contribution in [-0.4, -0.2) is 10.9 Å². The van der Waals surface area contributed by atoms with Gasteiger partial charge >= 0.3 is 0 Å². The smallest absolute Gasteiger partial charge is 0.274 e. The molecular formula is C13H7Cl2N3O. The molecule has 0 atom stereocenters. The van der Waals surface area contributed by atoms with Crippen molar-refractivity contribution in [3.05, 3.63) is 57.8 Å². The zero-order valence-corrected chi connectivity index (χ0v) is 11.0. The van der Waals surface area contributed by atoms with Crippen LogP contribution in [0.25, 0.3) is 0 Å². The molecule has 1 N–H and O–H groups in total. The van der Waals surface area contributed by atoms with E-state index in [9.17, 15) is 4.79 Å². The number of pyridine rings is 1. The van der Waals surface area contributed by atoms with Crippen LogP contribution < -0.4 is 5.32 Å². The maximum atomic E-state index is 11.9. The van der Waals surface area contributed by atoms with Crippen LogP contribution in [0, 0.1) is 11.3 Å². The Balaban J connectivity index is 2.20. The van der Waals surface area contributed by atoms with Crippen molar-refractivity contribution >= 4 is 34.8 Å². The fourth-order valence-corrected chi connectivity index (χ4v) is 1.72. The Morgan fingerprint density at radius 2 is 2.05 bits per heavy atom. The Bertz CT molecular complexity index is 663. The van der Waals surface area contributed by atoms with Crippen LogP contribution in [-0.2, 0) is 0 Å². The first kappa shape index (κ1) is 13.3. The first-order valence-corrected chi connectivity index (χ1v) is 5.98. The maximum absolute atomic E-state index is 11.9. The van der Waals surface area contributed by atoms with Crippen LogP contribution >= 0.6 is 23.2 Å². The van der Waals surface area contributed by atoms with Crippen molar-refractivity contribution in [3.63, 3.8) is 0 Å². The Hall–Kier alpha value is -2.09. The van der Waals surface area contributed by atoms with Gasteiger partial charge in [0.1, 0.15) is 5.69 Å². The fraction of sp³-hybridized carbons (Fsp3) is 0. The van der Waals surface area contributed by atoms with Crippen molar-refractivity contribution in [3.8, 4) is 6.07 Å². The van der Waals surface area contributed by atoms with Gasteiger partial charge in [-0.15, -0.1) is 0 Å². The van der Waals surface area contributed by atoms with Gasteiger partial charge in [0.05, 0.1) is 27.4 Å². The molecular weight excluding hydrogens is 285 g/mol. The van der Waals surface area contributed by atoms with Crippen molar-refractivity contribution in [2.24, 2.45) is 0 Å². The third-order valence-corrected chi connectivity index (χ3v) is 2.84. The average Bonchev–Trinajstić information content (AvgIpc) is 2.41. The maximum Gasteiger partial charge on any atom is 0.274 e. The topological polar surface area (TPSA) is 65.8 Å². The van der Waals surface area contributed by atoms with Crippen LogP contribution in [0.4, 0.5) is 5.69 Å². The number of amides is 1. The highest BCUT2D eigenvalue weighted by molar-refractivity contribution is 6.34. The molecule has 0 aliphatic carbocycles. The van der Waals surface area contributed by atoms with Gasteiger partial charge in [0, 0.05) is 6.20 Å². The lowest BCUT2D eigenvalue weighted by atomic mass is 10.2. The number of halogens is 2. The molecule has 0 fully saturated rings. The van der Waals surface area contributed by atoms with E-state index in [0.717, 1.165) is 0 Å². The lowest BCUT2D eigenvalue weighted by Gasteiger charge is -2.06. The predicted octanol–water partition coefficient (Wildman–Crippen LogP) is 3.51. The molecule has 19 heavy (non-hydrogen) atoms. The second-order valence-electron chi connectivity index (χ2n) is 3.62. The fourth-order valence-electron chi connectivity index (χ4n) is 1.38. The van der Waals surface area contributed by atoms with Gasteiger partial charge in [0.2, 0.25) is 0 Å². The summed E-state index contributed by atoms with van der Waals surface area (Å²) in [6, 6.07) is 9.65. The molecule has 4 nitrogen and oxygen atoms in total. The Morgan fingerprint density at radius 1 is 1.26 bits per heavy atom. The van der Waals surface area contributed by atoms with Crippen LogP contribution in [0.1, 0.15) is 16.1 Å². The molecule has 0 radical (unpaired) electrons. The number of nitrogens with zero attached hydrogens (tertiary/aromatic N) is 2. The lowest BCUT2D eigenvalue weighted by Crippen LogP contribution is -2.13. The van der Waals surface area contributed by atoms with E-state index in [4.69, 9.17) is 28.5 Å². The first-order valence-electron chi connectivity index (χ1n) is 5.22. The minimum absolute atomic E-state index is 0.227. The average molecular weight is 292 g/mol. The molecule has 0 spiro atoms. The molecule has 94 valence electrons. The molecule has 6 heteroatoms. The zero-order chi connectivity index (χ0) is 13.8. The zero-order valence-electron chi connectivity index (χ0n) is 9.52. The third-order valence-electron chi connectivity index (χ3n) is 2.31. The molecule has 0 aliphatic heterocycles. The summed E-state index contributed by atoms with van der Waals surface area (Å²) in [5, 5.41) is 12.1. The van der Waals surface area contributed by atoms with Crippen LogP contribution in [0.5, 0.6) is 0 Å². The van der Waals surface area contributed by atoms with Gasteiger partial charge < -0.3 is 5.32 Å². The Kier molecular flexibility index (Phi) is 4.00. The van der Waals surface area contributed by atoms with Crippen molar-refractivity contribution in [1.82, 2.24) is 4.98 Å². The second-order valence-corrected chi connectivity index (χ2v) is 4.47. The number of carbonyl (C=O) groups excluding carboxylic acids is 1. The van der Waals surface area contributed by atoms with Crippen molar-refractivity contribution in [2.75, 3.05) is 5.32 Å². The molecule has 0 unspecified atom stereocenters. The predicted molar refractivity (Wildman–Crippen MR) is 73.4 cm³/mol. The third kappa shape index (κ3) is 3.22.